The Kier molecular flexibility index (Phi) is 8.71. The lowest BCUT2D eigenvalue weighted by Crippen LogP contribution is -2.42. The predicted octanol–water partition coefficient (Wildman–Crippen LogP) is 2.51. The molecule has 1 aromatic carbocycles. The molecule has 0 radical (unpaired) electrons. The van der Waals surface area contributed by atoms with E-state index in [1.54, 1.807) is 13.0 Å². The Labute approximate surface area is 202 Å². The number of hydrogen-bond acceptors (Lipinski definition) is 9. The van der Waals surface area contributed by atoms with Gasteiger partial charge < -0.3 is 33.6 Å². The molecule has 0 bridgehead atoms. The minimum atomic E-state index is -0.838. The lowest BCUT2D eigenvalue weighted by Gasteiger charge is -2.30. The van der Waals surface area contributed by atoms with Crippen LogP contribution in [0.4, 0.5) is 5.69 Å². The van der Waals surface area contributed by atoms with Crippen molar-refractivity contribution in [2.75, 3.05) is 45.8 Å². The highest BCUT2D eigenvalue weighted by Gasteiger charge is 2.29. The predicted molar refractivity (Wildman–Crippen MR) is 122 cm³/mol. The van der Waals surface area contributed by atoms with Crippen molar-refractivity contribution < 1.29 is 42.5 Å². The normalized spacial score (nSPS) is 13.6. The first-order valence-electron chi connectivity index (χ1n) is 11.1. The van der Waals surface area contributed by atoms with Crippen molar-refractivity contribution in [1.29, 1.82) is 0 Å². The number of amides is 2. The molecule has 1 N–H and O–H groups in total. The molecule has 1 aliphatic rings. The van der Waals surface area contributed by atoms with Gasteiger partial charge in [-0.3, -0.25) is 14.4 Å². The number of likely N-dealkylation sites (tertiary alicyclic amines) is 1. The molecular formula is C24H28N2O9. The van der Waals surface area contributed by atoms with Gasteiger partial charge in [-0.1, -0.05) is 0 Å². The summed E-state index contributed by atoms with van der Waals surface area (Å²) in [5.74, 6) is -1.76. The number of methoxy groups -OCH3 is 2. The number of esters is 2. The number of nitrogens with one attached hydrogen (secondary N) is 1. The third-order valence-corrected chi connectivity index (χ3v) is 5.53. The zero-order chi connectivity index (χ0) is 25.4. The lowest BCUT2D eigenvalue weighted by molar-refractivity contribution is -0.151. The topological polar surface area (TPSA) is 134 Å². The van der Waals surface area contributed by atoms with E-state index in [1.165, 1.54) is 43.6 Å². The first-order valence-corrected chi connectivity index (χ1v) is 11.1. The Hall–Kier alpha value is -4.02. The maximum Gasteiger partial charge on any atom is 0.340 e. The van der Waals surface area contributed by atoms with E-state index >= 15 is 0 Å². The summed E-state index contributed by atoms with van der Waals surface area (Å²) >= 11 is 0. The van der Waals surface area contributed by atoms with E-state index in [1.807, 2.05) is 0 Å². The average molecular weight is 488 g/mol. The molecule has 2 heterocycles. The van der Waals surface area contributed by atoms with E-state index in [4.69, 9.17) is 23.4 Å². The smallest absolute Gasteiger partial charge is 0.340 e. The molecule has 1 saturated heterocycles. The van der Waals surface area contributed by atoms with Crippen LogP contribution < -0.4 is 14.8 Å². The van der Waals surface area contributed by atoms with Gasteiger partial charge in [0.05, 0.1) is 44.3 Å². The van der Waals surface area contributed by atoms with Crippen molar-refractivity contribution in [2.45, 2.75) is 19.8 Å². The summed E-state index contributed by atoms with van der Waals surface area (Å²) < 4.78 is 25.9. The van der Waals surface area contributed by atoms with Crippen molar-refractivity contribution in [1.82, 2.24) is 4.90 Å². The van der Waals surface area contributed by atoms with Crippen LogP contribution in [-0.2, 0) is 19.1 Å². The molecule has 1 aromatic heterocycles. The Morgan fingerprint density at radius 2 is 1.74 bits per heavy atom. The van der Waals surface area contributed by atoms with E-state index in [0.29, 0.717) is 32.5 Å². The molecule has 0 aliphatic carbocycles. The van der Waals surface area contributed by atoms with E-state index in [9.17, 15) is 19.2 Å². The first-order chi connectivity index (χ1) is 16.9. The van der Waals surface area contributed by atoms with Crippen molar-refractivity contribution in [3.05, 3.63) is 41.9 Å². The van der Waals surface area contributed by atoms with E-state index < -0.39 is 18.5 Å². The molecule has 35 heavy (non-hydrogen) atoms. The fraction of sp³-hybridized carbons (Fsp3) is 0.417. The summed E-state index contributed by atoms with van der Waals surface area (Å²) in [7, 11) is 2.81. The minimum Gasteiger partial charge on any atom is -0.493 e. The summed E-state index contributed by atoms with van der Waals surface area (Å²) in [5, 5.41) is 2.59. The highest BCUT2D eigenvalue weighted by Crippen LogP contribution is 2.34. The molecule has 11 heteroatoms. The van der Waals surface area contributed by atoms with Crippen molar-refractivity contribution >= 4 is 29.4 Å². The molecule has 0 unspecified atom stereocenters. The summed E-state index contributed by atoms with van der Waals surface area (Å²) in [4.78, 5) is 51.3. The second-order valence-electron chi connectivity index (χ2n) is 7.67. The zero-order valence-electron chi connectivity index (χ0n) is 19.8. The number of nitrogens with zero attached hydrogens (tertiary/aromatic N) is 1. The number of hydrogen-bond donors (Lipinski definition) is 1. The number of ether oxygens (including phenoxy) is 4. The van der Waals surface area contributed by atoms with E-state index in [2.05, 4.69) is 5.32 Å². The van der Waals surface area contributed by atoms with Crippen molar-refractivity contribution in [3.8, 4) is 11.5 Å². The lowest BCUT2D eigenvalue weighted by atomic mass is 9.97. The SMILES string of the molecule is CCOC(=O)C1CCN(C(=O)COC(=O)c2cc(OC)c(OC)cc2NC(=O)c2ccco2)CC1. The second kappa shape index (κ2) is 11.9. The Balaban J connectivity index is 1.67. The van der Waals surface area contributed by atoms with Crippen LogP contribution in [0.5, 0.6) is 11.5 Å². The van der Waals surface area contributed by atoms with Gasteiger partial charge in [0.2, 0.25) is 0 Å². The molecule has 1 aliphatic heterocycles. The molecule has 2 aromatic rings. The molecule has 11 nitrogen and oxygen atoms in total. The maximum atomic E-state index is 12.9. The quantitative estimate of drug-likeness (QED) is 0.528. The molecule has 188 valence electrons. The monoisotopic (exact) mass is 488 g/mol. The molecule has 3 rings (SSSR count). The summed E-state index contributed by atoms with van der Waals surface area (Å²) in [6.07, 6.45) is 2.31. The van der Waals surface area contributed by atoms with E-state index in [0.717, 1.165) is 0 Å². The maximum absolute atomic E-state index is 12.9. The summed E-state index contributed by atoms with van der Waals surface area (Å²) in [6.45, 7) is 2.29. The van der Waals surface area contributed by atoms with Gasteiger partial charge in [-0.25, -0.2) is 4.79 Å². The number of anilines is 1. The standard InChI is InChI=1S/C24H28N2O9/c1-4-33-23(29)15-7-9-26(10-8-15)21(27)14-35-24(30)16-12-19(31-2)20(32-3)13-17(16)25-22(28)18-6-5-11-34-18/h5-6,11-13,15H,4,7-10,14H2,1-3H3,(H,25,28). The largest absolute Gasteiger partial charge is 0.493 e. The molecule has 0 spiro atoms. The molecule has 0 atom stereocenters. The summed E-state index contributed by atoms with van der Waals surface area (Å²) in [6, 6.07) is 5.80. The number of carbonyl (C=O) groups is 4. The molecule has 2 amide bonds. The van der Waals surface area contributed by atoms with Gasteiger partial charge in [0.15, 0.2) is 23.9 Å². The van der Waals surface area contributed by atoms with Crippen LogP contribution in [0.3, 0.4) is 0 Å². The molecule has 0 saturated carbocycles. The van der Waals surface area contributed by atoms with Crippen LogP contribution in [0.25, 0.3) is 0 Å². The third kappa shape index (κ3) is 6.31. The average Bonchev–Trinajstić information content (AvgIpc) is 3.42. The van der Waals surface area contributed by atoms with Crippen LogP contribution in [0.1, 0.15) is 40.7 Å². The highest BCUT2D eigenvalue weighted by molar-refractivity contribution is 6.07. The van der Waals surface area contributed by atoms with E-state index in [-0.39, 0.29) is 46.3 Å². The third-order valence-electron chi connectivity index (χ3n) is 5.53. The van der Waals surface area contributed by atoms with Gasteiger partial charge in [0.1, 0.15) is 0 Å². The number of benzene rings is 1. The highest BCUT2D eigenvalue weighted by atomic mass is 16.5. The van der Waals surface area contributed by atoms with Crippen molar-refractivity contribution in [2.24, 2.45) is 5.92 Å². The number of piperidine rings is 1. The van der Waals surface area contributed by atoms with Crippen LogP contribution in [0.15, 0.2) is 34.9 Å². The Morgan fingerprint density at radius 3 is 2.34 bits per heavy atom. The first kappa shape index (κ1) is 25.6. The fourth-order valence-corrected chi connectivity index (χ4v) is 3.66. The van der Waals surface area contributed by atoms with Crippen LogP contribution in [0.2, 0.25) is 0 Å². The molecule has 1 fully saturated rings. The van der Waals surface area contributed by atoms with Gasteiger partial charge in [-0.15, -0.1) is 0 Å². The number of carbonyl (C=O) groups excluding carboxylic acids is 4. The van der Waals surface area contributed by atoms with Gasteiger partial charge in [-0.05, 0) is 31.9 Å². The number of furan rings is 1. The summed E-state index contributed by atoms with van der Waals surface area (Å²) in [5.41, 5.74) is 0.0631. The van der Waals surface area contributed by atoms with Crippen molar-refractivity contribution in [3.63, 3.8) is 0 Å². The minimum absolute atomic E-state index is 0.0311. The van der Waals surface area contributed by atoms with Gasteiger partial charge in [0.25, 0.3) is 11.8 Å². The second-order valence-corrected chi connectivity index (χ2v) is 7.67. The number of rotatable bonds is 9. The molecular weight excluding hydrogens is 460 g/mol. The van der Waals surface area contributed by atoms with Crippen LogP contribution in [0, 0.1) is 5.92 Å². The van der Waals surface area contributed by atoms with Crippen LogP contribution in [-0.4, -0.2) is 69.2 Å². The van der Waals surface area contributed by atoms with Gasteiger partial charge in [0, 0.05) is 25.2 Å². The van der Waals surface area contributed by atoms with Gasteiger partial charge in [-0.2, -0.15) is 0 Å². The van der Waals surface area contributed by atoms with Gasteiger partial charge >= 0.3 is 11.9 Å². The Bertz CT molecular complexity index is 1060. The Morgan fingerprint density at radius 1 is 1.06 bits per heavy atom. The van der Waals surface area contributed by atoms with Crippen LogP contribution >= 0.6 is 0 Å². The zero-order valence-corrected chi connectivity index (χ0v) is 19.8. The fourth-order valence-electron chi connectivity index (χ4n) is 3.66.